The zero-order chi connectivity index (χ0) is 25.2. The maximum absolute atomic E-state index is 11.6. The summed E-state index contributed by atoms with van der Waals surface area (Å²) >= 11 is 8.66. The van der Waals surface area contributed by atoms with Crippen molar-refractivity contribution in [3.05, 3.63) is 14.9 Å². The highest BCUT2D eigenvalue weighted by molar-refractivity contribution is 14.1. The van der Waals surface area contributed by atoms with Gasteiger partial charge < -0.3 is 23.2 Å². The predicted octanol–water partition coefficient (Wildman–Crippen LogP) is 5.09. The minimum Gasteiger partial charge on any atom is -0.414 e. The van der Waals surface area contributed by atoms with Crippen molar-refractivity contribution >= 4 is 65.4 Å². The fraction of sp³-hybridized carbons (Fsp3) is 0.682. The van der Waals surface area contributed by atoms with E-state index in [4.69, 9.17) is 30.2 Å². The fourth-order valence-electron chi connectivity index (χ4n) is 3.99. The van der Waals surface area contributed by atoms with Gasteiger partial charge in [0.1, 0.15) is 29.1 Å². The summed E-state index contributed by atoms with van der Waals surface area (Å²) < 4.78 is 28.3. The largest absolute Gasteiger partial charge is 0.414 e. The van der Waals surface area contributed by atoms with Crippen molar-refractivity contribution < 1.29 is 23.4 Å². The summed E-state index contributed by atoms with van der Waals surface area (Å²) in [6.07, 6.45) is 0.422. The number of aromatic nitrogens is 3. The molecule has 12 heteroatoms. The normalized spacial score (nSPS) is 26.8. The molecule has 2 aromatic rings. The van der Waals surface area contributed by atoms with Gasteiger partial charge in [-0.2, -0.15) is 9.97 Å². The van der Waals surface area contributed by atoms with Gasteiger partial charge in [-0.3, -0.25) is 10.1 Å². The number of ether oxygens (including phenoxy) is 3. The second-order valence-electron chi connectivity index (χ2n) is 10.8. The lowest BCUT2D eigenvalue weighted by atomic mass is 10.1. The first-order valence-electron chi connectivity index (χ1n) is 11.3. The highest BCUT2D eigenvalue weighted by Crippen LogP contribution is 2.46. The Kier molecular flexibility index (Phi) is 6.89. The summed E-state index contributed by atoms with van der Waals surface area (Å²) in [5.41, 5.74) is 0.552. The van der Waals surface area contributed by atoms with E-state index in [-0.39, 0.29) is 40.4 Å². The molecule has 2 aliphatic heterocycles. The van der Waals surface area contributed by atoms with Crippen LogP contribution in [-0.4, -0.2) is 59.5 Å². The van der Waals surface area contributed by atoms with E-state index >= 15 is 0 Å². The molecular weight excluding hydrogens is 591 g/mol. The average molecular weight is 623 g/mol. The highest BCUT2D eigenvalue weighted by Gasteiger charge is 2.56. The van der Waals surface area contributed by atoms with Gasteiger partial charge in [0.15, 0.2) is 20.3 Å². The van der Waals surface area contributed by atoms with Crippen molar-refractivity contribution in [3.8, 4) is 0 Å². The van der Waals surface area contributed by atoms with Crippen LogP contribution < -0.4 is 5.32 Å². The lowest BCUT2D eigenvalue weighted by molar-refractivity contribution is -0.199. The monoisotopic (exact) mass is 622 g/mol. The maximum Gasteiger partial charge on any atom is 0.232 e. The van der Waals surface area contributed by atoms with E-state index in [1.165, 1.54) is 6.92 Å². The van der Waals surface area contributed by atoms with Crippen molar-refractivity contribution in [2.24, 2.45) is 0 Å². The van der Waals surface area contributed by atoms with Crippen LogP contribution in [0.25, 0.3) is 11.0 Å². The van der Waals surface area contributed by atoms with E-state index in [0.717, 1.165) is 3.57 Å². The van der Waals surface area contributed by atoms with Crippen LogP contribution in [0.4, 0.5) is 5.95 Å². The van der Waals surface area contributed by atoms with Crippen LogP contribution in [0.15, 0.2) is 6.20 Å². The van der Waals surface area contributed by atoms with Gasteiger partial charge in [0.05, 0.1) is 12.0 Å². The number of fused-ring (bicyclic) bond motifs is 2. The molecule has 0 unspecified atom stereocenters. The number of carbonyl (C=O) groups excluding carboxylic acids is 1. The molecule has 1 amide bonds. The molecule has 9 nitrogen and oxygen atoms in total. The smallest absolute Gasteiger partial charge is 0.232 e. The van der Waals surface area contributed by atoms with Gasteiger partial charge in [0.2, 0.25) is 11.9 Å². The van der Waals surface area contributed by atoms with Gasteiger partial charge in [-0.05, 0) is 54.6 Å². The quantitative estimate of drug-likeness (QED) is 0.282. The number of nitrogens with zero attached hydrogens (tertiary/aromatic N) is 3. The lowest BCUT2D eigenvalue weighted by Crippen LogP contribution is -2.44. The molecule has 2 aromatic heterocycles. The fourth-order valence-corrected chi connectivity index (χ4v) is 6.23. The third-order valence-corrected chi connectivity index (χ3v) is 12.3. The number of anilines is 1. The van der Waals surface area contributed by atoms with E-state index in [9.17, 15) is 4.79 Å². The molecule has 34 heavy (non-hydrogen) atoms. The minimum absolute atomic E-state index is 0.0806. The number of hydrogen-bond acceptors (Lipinski definition) is 7. The van der Waals surface area contributed by atoms with Crippen molar-refractivity contribution in [2.75, 3.05) is 11.9 Å². The van der Waals surface area contributed by atoms with Gasteiger partial charge in [0.25, 0.3) is 0 Å². The number of halogens is 2. The second kappa shape index (κ2) is 8.93. The Morgan fingerprint density at radius 1 is 1.29 bits per heavy atom. The molecule has 0 aromatic carbocycles. The third-order valence-electron chi connectivity index (χ3n) is 6.68. The molecule has 0 bridgehead atoms. The van der Waals surface area contributed by atoms with E-state index in [0.29, 0.717) is 17.6 Å². The number of hydrogen-bond donors (Lipinski definition) is 1. The molecule has 0 aliphatic carbocycles. The van der Waals surface area contributed by atoms with Gasteiger partial charge in [-0.15, -0.1) is 0 Å². The first-order valence-corrected chi connectivity index (χ1v) is 15.6. The highest BCUT2D eigenvalue weighted by atomic mass is 127. The number of rotatable bonds is 5. The Bertz CT molecular complexity index is 1120. The van der Waals surface area contributed by atoms with Crippen LogP contribution in [0.2, 0.25) is 23.3 Å². The number of nitrogens with one attached hydrogen (secondary N) is 1. The minimum atomic E-state index is -1.99. The summed E-state index contributed by atoms with van der Waals surface area (Å²) in [5, 5.41) is 3.64. The molecule has 188 valence electrons. The molecule has 4 atom stereocenters. The molecule has 2 fully saturated rings. The molecule has 4 rings (SSSR count). The summed E-state index contributed by atoms with van der Waals surface area (Å²) in [6, 6.07) is 0. The SMILES string of the molecule is CC(=O)Nc1nc(Cl)c2c(I)cn([C@@H]3O[C@H](CO[Si](C)(C)C(C)(C)C)[C@H]4OC(C)(C)O[C@H]43)c2n1. The van der Waals surface area contributed by atoms with E-state index in [1.54, 1.807) is 0 Å². The molecule has 1 N–H and O–H groups in total. The van der Waals surface area contributed by atoms with Crippen LogP contribution in [0.5, 0.6) is 0 Å². The predicted molar refractivity (Wildman–Crippen MR) is 140 cm³/mol. The second-order valence-corrected chi connectivity index (χ2v) is 17.1. The van der Waals surface area contributed by atoms with Crippen LogP contribution in [0.1, 0.15) is 47.8 Å². The third kappa shape index (κ3) is 4.89. The molecule has 2 aliphatic rings. The standard InChI is InChI=1S/C22H32ClIN4O5Si/c1-11(29)25-20-26-17(23)14-12(24)9-28(18(14)27-20)19-16-15(32-22(5,6)33-16)13(31-19)10-30-34(7,8)21(2,3)4/h9,13,15-16,19H,10H2,1-8H3,(H,25,26,27,29)/t13-,15-,16-,19-/m1/s1. The lowest BCUT2D eigenvalue weighted by Gasteiger charge is -2.37. The van der Waals surface area contributed by atoms with Crippen LogP contribution in [0, 0.1) is 3.57 Å². The molecule has 0 radical (unpaired) electrons. The van der Waals surface area contributed by atoms with Crippen molar-refractivity contribution in [2.45, 2.75) is 90.0 Å². The van der Waals surface area contributed by atoms with Gasteiger partial charge in [0, 0.05) is 16.7 Å². The van der Waals surface area contributed by atoms with E-state index < -0.39 is 20.3 Å². The zero-order valence-electron chi connectivity index (χ0n) is 20.7. The molecule has 0 saturated carbocycles. The Morgan fingerprint density at radius 3 is 2.56 bits per heavy atom. The topological polar surface area (TPSA) is 96.7 Å². The summed E-state index contributed by atoms with van der Waals surface area (Å²) in [7, 11) is -1.99. The van der Waals surface area contributed by atoms with Crippen LogP contribution in [-0.2, 0) is 23.4 Å². The van der Waals surface area contributed by atoms with Crippen molar-refractivity contribution in [1.29, 1.82) is 0 Å². The summed E-state index contributed by atoms with van der Waals surface area (Å²) in [6.45, 7) is 16.7. The Labute approximate surface area is 219 Å². The van der Waals surface area contributed by atoms with Gasteiger partial charge in [-0.1, -0.05) is 32.4 Å². The molecule has 0 spiro atoms. The average Bonchev–Trinajstić information content (AvgIpc) is 3.27. The number of carbonyl (C=O) groups is 1. The van der Waals surface area contributed by atoms with Gasteiger partial charge >= 0.3 is 0 Å². The molecule has 4 heterocycles. The number of amides is 1. The Balaban J connectivity index is 1.70. The van der Waals surface area contributed by atoms with E-state index in [1.807, 2.05) is 24.6 Å². The van der Waals surface area contributed by atoms with Crippen LogP contribution >= 0.6 is 34.2 Å². The first kappa shape index (κ1) is 26.2. The molecule has 2 saturated heterocycles. The summed E-state index contributed by atoms with van der Waals surface area (Å²) in [4.78, 5) is 20.4. The van der Waals surface area contributed by atoms with Crippen molar-refractivity contribution in [3.63, 3.8) is 0 Å². The van der Waals surface area contributed by atoms with Gasteiger partial charge in [-0.25, -0.2) is 0 Å². The first-order chi connectivity index (χ1) is 15.6. The maximum atomic E-state index is 11.6. The van der Waals surface area contributed by atoms with Crippen molar-refractivity contribution in [1.82, 2.24) is 14.5 Å². The Hall–Kier alpha value is -0.833. The summed E-state index contributed by atoms with van der Waals surface area (Å²) in [5.74, 6) is -0.897. The van der Waals surface area contributed by atoms with E-state index in [2.05, 4.69) is 71.7 Å². The van der Waals surface area contributed by atoms with Crippen LogP contribution in [0.3, 0.4) is 0 Å². The molecular formula is C22H32ClIN4O5Si. The zero-order valence-corrected chi connectivity index (χ0v) is 24.6. The Morgan fingerprint density at radius 2 is 1.94 bits per heavy atom.